The van der Waals surface area contributed by atoms with Gasteiger partial charge in [0.15, 0.2) is 0 Å². The van der Waals surface area contributed by atoms with Gasteiger partial charge in [-0.2, -0.15) is 12.7 Å². The fourth-order valence-corrected chi connectivity index (χ4v) is 7.91. The summed E-state index contributed by atoms with van der Waals surface area (Å²) in [6.45, 7) is 3.24. The summed E-state index contributed by atoms with van der Waals surface area (Å²) in [5, 5.41) is 15.1. The standard InChI is InChI=1S/C22H33N3O8S2/c1-12-18-17(13(2)26)21(28)25(18)19(20(12)34-15-9-24(10-15)35(23,30)31)22(29)33-11-32-16(27)8-14-6-4-3-5-7-14/h12-15,17-18,26H,3-11H2,1-2H3,(H2,23,30,31)/t12-,13-,17-,18-/m1/s1. The van der Waals surface area contributed by atoms with Gasteiger partial charge in [0.05, 0.1) is 18.1 Å². The van der Waals surface area contributed by atoms with Crippen LogP contribution in [0.25, 0.3) is 0 Å². The predicted octanol–water partition coefficient (Wildman–Crippen LogP) is 0.691. The summed E-state index contributed by atoms with van der Waals surface area (Å²) in [5.74, 6) is -2.16. The predicted molar refractivity (Wildman–Crippen MR) is 126 cm³/mol. The first-order valence-corrected chi connectivity index (χ1v) is 14.4. The van der Waals surface area contributed by atoms with Crippen LogP contribution in [-0.2, 0) is 34.1 Å². The third kappa shape index (κ3) is 5.38. The summed E-state index contributed by atoms with van der Waals surface area (Å²) in [7, 11) is -3.78. The van der Waals surface area contributed by atoms with E-state index in [0.29, 0.717) is 17.2 Å². The molecule has 1 saturated carbocycles. The Hall–Kier alpha value is -1.67. The molecule has 0 aromatic heterocycles. The Bertz CT molecular complexity index is 1000. The fraction of sp³-hybridized carbons (Fsp3) is 0.773. The van der Waals surface area contributed by atoms with E-state index in [-0.39, 0.29) is 35.9 Å². The van der Waals surface area contributed by atoms with Gasteiger partial charge < -0.3 is 19.5 Å². The average Bonchev–Trinajstić information content (AvgIpc) is 2.98. The second-order valence-corrected chi connectivity index (χ2v) is 12.7. The first-order valence-electron chi connectivity index (χ1n) is 12.0. The van der Waals surface area contributed by atoms with Crippen molar-refractivity contribution in [2.75, 3.05) is 19.9 Å². The number of esters is 2. The van der Waals surface area contributed by atoms with Crippen molar-refractivity contribution < 1.29 is 37.4 Å². The maximum Gasteiger partial charge on any atom is 0.358 e. The molecular weight excluding hydrogens is 498 g/mol. The molecule has 0 bridgehead atoms. The Morgan fingerprint density at radius 2 is 1.86 bits per heavy atom. The lowest BCUT2D eigenvalue weighted by Gasteiger charge is -2.46. The second-order valence-electron chi connectivity index (χ2n) is 9.84. The molecule has 13 heteroatoms. The molecule has 1 aliphatic carbocycles. The number of hydrogen-bond acceptors (Lipinski definition) is 9. The Kier molecular flexibility index (Phi) is 7.82. The van der Waals surface area contributed by atoms with Crippen LogP contribution in [0.2, 0.25) is 0 Å². The van der Waals surface area contributed by atoms with Gasteiger partial charge in [-0.25, -0.2) is 9.93 Å². The number of ether oxygens (including phenoxy) is 2. The van der Waals surface area contributed by atoms with Gasteiger partial charge in [0.2, 0.25) is 12.7 Å². The van der Waals surface area contributed by atoms with Crippen LogP contribution in [0.4, 0.5) is 0 Å². The topological polar surface area (TPSA) is 157 Å². The number of rotatable bonds is 9. The van der Waals surface area contributed by atoms with E-state index in [2.05, 4.69) is 0 Å². The van der Waals surface area contributed by atoms with Crippen molar-refractivity contribution in [3.8, 4) is 0 Å². The summed E-state index contributed by atoms with van der Waals surface area (Å²) in [5.41, 5.74) is 0.0757. The highest BCUT2D eigenvalue weighted by molar-refractivity contribution is 8.04. The number of amides is 1. The van der Waals surface area contributed by atoms with Crippen LogP contribution in [0.15, 0.2) is 10.6 Å². The van der Waals surface area contributed by atoms with Crippen LogP contribution < -0.4 is 5.14 Å². The van der Waals surface area contributed by atoms with E-state index in [1.165, 1.54) is 30.0 Å². The number of thioether (sulfide) groups is 1. The molecular formula is C22H33N3O8S2. The van der Waals surface area contributed by atoms with Gasteiger partial charge >= 0.3 is 11.9 Å². The highest BCUT2D eigenvalue weighted by Gasteiger charge is 2.60. The number of hydrogen-bond donors (Lipinski definition) is 2. The van der Waals surface area contributed by atoms with E-state index in [4.69, 9.17) is 14.6 Å². The van der Waals surface area contributed by atoms with Gasteiger partial charge in [-0.3, -0.25) is 9.59 Å². The average molecular weight is 532 g/mol. The van der Waals surface area contributed by atoms with Crippen LogP contribution in [-0.4, -0.2) is 77.9 Å². The maximum absolute atomic E-state index is 13.0. The van der Waals surface area contributed by atoms with Gasteiger partial charge in [-0.15, -0.1) is 11.8 Å². The minimum atomic E-state index is -3.78. The number of nitrogens with zero attached hydrogens (tertiary/aromatic N) is 2. The summed E-state index contributed by atoms with van der Waals surface area (Å²) in [6.07, 6.45) is 4.80. The molecule has 3 N–H and O–H groups in total. The van der Waals surface area contributed by atoms with Crippen molar-refractivity contribution in [1.82, 2.24) is 9.21 Å². The Balaban J connectivity index is 1.40. The van der Waals surface area contributed by atoms with Crippen LogP contribution in [0.3, 0.4) is 0 Å². The molecule has 1 amide bonds. The van der Waals surface area contributed by atoms with Crippen molar-refractivity contribution >= 4 is 39.8 Å². The van der Waals surface area contributed by atoms with E-state index in [1.807, 2.05) is 6.92 Å². The summed E-state index contributed by atoms with van der Waals surface area (Å²) >= 11 is 1.32. The van der Waals surface area contributed by atoms with Gasteiger partial charge in [-0.05, 0) is 25.7 Å². The third-order valence-corrected chi connectivity index (χ3v) is 9.83. The minimum absolute atomic E-state index is 0.0757. The lowest BCUT2D eigenvalue weighted by atomic mass is 9.79. The molecule has 3 fully saturated rings. The zero-order valence-electron chi connectivity index (χ0n) is 19.9. The number of nitrogens with two attached hydrogens (primary N) is 1. The number of carbonyl (C=O) groups excluding carboxylic acids is 3. The molecule has 0 aromatic carbocycles. The van der Waals surface area contributed by atoms with Gasteiger partial charge in [0, 0.05) is 35.6 Å². The number of carbonyl (C=O) groups is 3. The molecule has 2 saturated heterocycles. The molecule has 0 radical (unpaired) electrons. The molecule has 3 heterocycles. The van der Waals surface area contributed by atoms with Crippen LogP contribution in [0.1, 0.15) is 52.4 Å². The molecule has 0 spiro atoms. The Labute approximate surface area is 209 Å². The molecule has 4 rings (SSSR count). The van der Waals surface area contributed by atoms with Crippen LogP contribution in [0.5, 0.6) is 0 Å². The molecule has 35 heavy (non-hydrogen) atoms. The molecule has 4 aliphatic rings. The van der Waals surface area contributed by atoms with Crippen LogP contribution in [0, 0.1) is 17.8 Å². The Morgan fingerprint density at radius 3 is 2.46 bits per heavy atom. The number of β-lactam (4-membered cyclic amide) rings is 1. The van der Waals surface area contributed by atoms with E-state index in [9.17, 15) is 27.9 Å². The molecule has 4 atom stereocenters. The first-order chi connectivity index (χ1) is 16.5. The lowest BCUT2D eigenvalue weighted by Crippen LogP contribution is -2.63. The monoisotopic (exact) mass is 531 g/mol. The molecule has 0 aromatic rings. The van der Waals surface area contributed by atoms with Crippen molar-refractivity contribution in [3.63, 3.8) is 0 Å². The van der Waals surface area contributed by atoms with Gasteiger partial charge in [-0.1, -0.05) is 26.2 Å². The zero-order valence-corrected chi connectivity index (χ0v) is 21.6. The smallest absolute Gasteiger partial charge is 0.358 e. The van der Waals surface area contributed by atoms with E-state index in [1.54, 1.807) is 0 Å². The summed E-state index contributed by atoms with van der Waals surface area (Å²) in [6, 6.07) is -0.393. The van der Waals surface area contributed by atoms with E-state index >= 15 is 0 Å². The summed E-state index contributed by atoms with van der Waals surface area (Å²) in [4.78, 5) is 39.9. The normalized spacial score (nSPS) is 28.9. The largest absolute Gasteiger partial charge is 0.428 e. The van der Waals surface area contributed by atoms with Gasteiger partial charge in [0.25, 0.3) is 10.2 Å². The number of aliphatic hydroxyl groups is 1. The fourth-order valence-electron chi connectivity index (χ4n) is 5.43. The quantitative estimate of drug-likeness (QED) is 0.248. The van der Waals surface area contributed by atoms with Crippen molar-refractivity contribution in [2.24, 2.45) is 22.9 Å². The maximum atomic E-state index is 13.0. The molecule has 196 valence electrons. The van der Waals surface area contributed by atoms with Gasteiger partial charge in [0.1, 0.15) is 5.70 Å². The van der Waals surface area contributed by atoms with Crippen LogP contribution >= 0.6 is 11.8 Å². The molecule has 11 nitrogen and oxygen atoms in total. The SMILES string of the molecule is C[C@@H](O)[C@H]1C(=O)N2C(C(=O)OCOC(=O)CC3CCCCC3)=C(SC3CN(S(N)(=O)=O)C3)[C@H](C)[C@H]12. The number of aliphatic hydroxyl groups excluding tert-OH is 1. The third-order valence-electron chi connectivity index (χ3n) is 7.36. The highest BCUT2D eigenvalue weighted by Crippen LogP contribution is 2.52. The molecule has 3 aliphatic heterocycles. The minimum Gasteiger partial charge on any atom is -0.428 e. The summed E-state index contributed by atoms with van der Waals surface area (Å²) < 4.78 is 34.5. The first kappa shape index (κ1) is 26.4. The van der Waals surface area contributed by atoms with Crippen molar-refractivity contribution in [3.05, 3.63) is 10.6 Å². The van der Waals surface area contributed by atoms with Crippen molar-refractivity contribution in [2.45, 2.75) is 69.8 Å². The number of fused-ring (bicyclic) bond motifs is 1. The zero-order chi connectivity index (χ0) is 25.5. The highest BCUT2D eigenvalue weighted by atomic mass is 32.2. The second kappa shape index (κ2) is 10.4. The van der Waals surface area contributed by atoms with Crippen molar-refractivity contribution in [1.29, 1.82) is 0 Å². The van der Waals surface area contributed by atoms with E-state index < -0.39 is 47.0 Å². The van der Waals surface area contributed by atoms with E-state index in [0.717, 1.165) is 30.0 Å². The molecule has 0 unspecified atom stereocenters. The Morgan fingerprint density at radius 1 is 1.20 bits per heavy atom. The lowest BCUT2D eigenvalue weighted by molar-refractivity contribution is -0.172.